The second kappa shape index (κ2) is 6.48. The van der Waals surface area contributed by atoms with Gasteiger partial charge in [-0.2, -0.15) is 0 Å². The third kappa shape index (κ3) is 3.14. The lowest BCUT2D eigenvalue weighted by Crippen LogP contribution is -2.21. The van der Waals surface area contributed by atoms with Crippen LogP contribution >= 0.6 is 0 Å². The topological polar surface area (TPSA) is 43.6 Å². The fraction of sp³-hybridized carbons (Fsp3) is 0.375. The standard InChI is InChI=1S/C16H21NO3/c1-11(2)17-10-16-13(7-8-20-16)14-9-12(18-3)5-6-15(14)19-4/h5-9,11,17H,10H2,1-4H3. The van der Waals surface area contributed by atoms with Gasteiger partial charge in [0.2, 0.25) is 0 Å². The van der Waals surface area contributed by atoms with Crippen molar-refractivity contribution in [2.24, 2.45) is 0 Å². The fourth-order valence-corrected chi connectivity index (χ4v) is 2.04. The van der Waals surface area contributed by atoms with Crippen LogP contribution in [0.1, 0.15) is 19.6 Å². The van der Waals surface area contributed by atoms with Crippen LogP contribution in [0.15, 0.2) is 34.9 Å². The number of furan rings is 1. The summed E-state index contributed by atoms with van der Waals surface area (Å²) in [6.45, 7) is 4.89. The van der Waals surface area contributed by atoms with Gasteiger partial charge < -0.3 is 19.2 Å². The minimum absolute atomic E-state index is 0.403. The average molecular weight is 275 g/mol. The minimum atomic E-state index is 0.403. The largest absolute Gasteiger partial charge is 0.497 e. The van der Waals surface area contributed by atoms with Gasteiger partial charge in [-0.25, -0.2) is 0 Å². The first-order valence-corrected chi connectivity index (χ1v) is 6.68. The Morgan fingerprint density at radius 3 is 2.55 bits per heavy atom. The number of benzene rings is 1. The lowest BCUT2D eigenvalue weighted by Gasteiger charge is -2.12. The summed E-state index contributed by atoms with van der Waals surface area (Å²) in [4.78, 5) is 0. The van der Waals surface area contributed by atoms with Crippen molar-refractivity contribution in [2.75, 3.05) is 14.2 Å². The molecule has 2 rings (SSSR count). The van der Waals surface area contributed by atoms with E-state index in [1.165, 1.54) is 0 Å². The number of rotatable bonds is 6. The lowest BCUT2D eigenvalue weighted by molar-refractivity contribution is 0.404. The number of hydrogen-bond donors (Lipinski definition) is 1. The highest BCUT2D eigenvalue weighted by Crippen LogP contribution is 2.35. The maximum absolute atomic E-state index is 5.58. The molecule has 4 heteroatoms. The first kappa shape index (κ1) is 14.5. The highest BCUT2D eigenvalue weighted by Gasteiger charge is 2.14. The summed E-state index contributed by atoms with van der Waals surface area (Å²) < 4.78 is 16.3. The van der Waals surface area contributed by atoms with Crippen molar-refractivity contribution in [1.29, 1.82) is 0 Å². The van der Waals surface area contributed by atoms with E-state index in [1.54, 1.807) is 20.5 Å². The van der Waals surface area contributed by atoms with Crippen molar-refractivity contribution in [3.63, 3.8) is 0 Å². The van der Waals surface area contributed by atoms with Crippen LogP contribution in [0, 0.1) is 0 Å². The van der Waals surface area contributed by atoms with Gasteiger partial charge in [-0.1, -0.05) is 13.8 Å². The van der Waals surface area contributed by atoms with Crippen LogP contribution < -0.4 is 14.8 Å². The van der Waals surface area contributed by atoms with E-state index in [-0.39, 0.29) is 0 Å². The molecule has 0 spiro atoms. The Bertz CT molecular complexity index is 561. The van der Waals surface area contributed by atoms with Gasteiger partial charge in [-0.15, -0.1) is 0 Å². The summed E-state index contributed by atoms with van der Waals surface area (Å²) in [5.41, 5.74) is 2.00. The third-order valence-electron chi connectivity index (χ3n) is 3.11. The molecule has 1 aromatic carbocycles. The number of hydrogen-bond acceptors (Lipinski definition) is 4. The maximum Gasteiger partial charge on any atom is 0.127 e. The summed E-state index contributed by atoms with van der Waals surface area (Å²) >= 11 is 0. The van der Waals surface area contributed by atoms with Crippen molar-refractivity contribution in [1.82, 2.24) is 5.32 Å². The highest BCUT2D eigenvalue weighted by atomic mass is 16.5. The van der Waals surface area contributed by atoms with Gasteiger partial charge in [0.25, 0.3) is 0 Å². The van der Waals surface area contributed by atoms with Crippen molar-refractivity contribution >= 4 is 0 Å². The summed E-state index contributed by atoms with van der Waals surface area (Å²) in [5.74, 6) is 2.49. The summed E-state index contributed by atoms with van der Waals surface area (Å²) in [6, 6.07) is 8.10. The zero-order chi connectivity index (χ0) is 14.5. The lowest BCUT2D eigenvalue weighted by atomic mass is 10.0. The van der Waals surface area contributed by atoms with Crippen LogP contribution in [0.4, 0.5) is 0 Å². The van der Waals surface area contributed by atoms with Gasteiger partial charge in [-0.3, -0.25) is 0 Å². The molecule has 20 heavy (non-hydrogen) atoms. The van der Waals surface area contributed by atoms with Gasteiger partial charge >= 0.3 is 0 Å². The highest BCUT2D eigenvalue weighted by molar-refractivity contribution is 5.73. The Labute approximate surface area is 119 Å². The van der Waals surface area contributed by atoms with Gasteiger partial charge in [0.1, 0.15) is 17.3 Å². The molecule has 0 aliphatic rings. The van der Waals surface area contributed by atoms with E-state index in [9.17, 15) is 0 Å². The normalized spacial score (nSPS) is 10.8. The van der Waals surface area contributed by atoms with E-state index in [4.69, 9.17) is 13.9 Å². The molecule has 0 bridgehead atoms. The molecule has 108 valence electrons. The van der Waals surface area contributed by atoms with Crippen LogP contribution in [-0.4, -0.2) is 20.3 Å². The molecule has 0 saturated carbocycles. The van der Waals surface area contributed by atoms with E-state index in [2.05, 4.69) is 19.2 Å². The van der Waals surface area contributed by atoms with Gasteiger partial charge in [0.05, 0.1) is 27.0 Å². The molecule has 0 aliphatic carbocycles. The van der Waals surface area contributed by atoms with Crippen molar-refractivity contribution in [2.45, 2.75) is 26.4 Å². The average Bonchev–Trinajstić information content (AvgIpc) is 2.92. The predicted molar refractivity (Wildman–Crippen MR) is 79.2 cm³/mol. The molecule has 0 radical (unpaired) electrons. The molecule has 0 aliphatic heterocycles. The van der Waals surface area contributed by atoms with E-state index >= 15 is 0 Å². The van der Waals surface area contributed by atoms with Crippen LogP contribution in [0.5, 0.6) is 11.5 Å². The predicted octanol–water partition coefficient (Wildman–Crippen LogP) is 3.46. The second-order valence-electron chi connectivity index (χ2n) is 4.86. The van der Waals surface area contributed by atoms with E-state index in [1.807, 2.05) is 24.3 Å². The molecule has 1 N–H and O–H groups in total. The number of ether oxygens (including phenoxy) is 2. The Morgan fingerprint density at radius 2 is 1.90 bits per heavy atom. The fourth-order valence-electron chi connectivity index (χ4n) is 2.04. The third-order valence-corrected chi connectivity index (χ3v) is 3.11. The Hall–Kier alpha value is -1.94. The number of methoxy groups -OCH3 is 2. The first-order valence-electron chi connectivity index (χ1n) is 6.68. The zero-order valence-electron chi connectivity index (χ0n) is 12.4. The molecular weight excluding hydrogens is 254 g/mol. The molecule has 1 heterocycles. The summed E-state index contributed by atoms with van der Waals surface area (Å²) in [7, 11) is 3.32. The van der Waals surface area contributed by atoms with Crippen molar-refractivity contribution < 1.29 is 13.9 Å². The Morgan fingerprint density at radius 1 is 1.10 bits per heavy atom. The van der Waals surface area contributed by atoms with Crippen molar-refractivity contribution in [3.8, 4) is 22.6 Å². The molecule has 1 aromatic heterocycles. The molecule has 0 atom stereocenters. The molecule has 0 unspecified atom stereocenters. The quantitative estimate of drug-likeness (QED) is 0.876. The molecule has 0 fully saturated rings. The second-order valence-corrected chi connectivity index (χ2v) is 4.86. The summed E-state index contributed by atoms with van der Waals surface area (Å²) in [6.07, 6.45) is 1.70. The van der Waals surface area contributed by atoms with Crippen LogP contribution in [-0.2, 0) is 6.54 Å². The smallest absolute Gasteiger partial charge is 0.127 e. The SMILES string of the molecule is COc1ccc(OC)c(-c2ccoc2CNC(C)C)c1. The minimum Gasteiger partial charge on any atom is -0.497 e. The van der Waals surface area contributed by atoms with E-state index in [0.717, 1.165) is 28.4 Å². The molecule has 4 nitrogen and oxygen atoms in total. The van der Waals surface area contributed by atoms with E-state index < -0.39 is 0 Å². The van der Waals surface area contributed by atoms with E-state index in [0.29, 0.717) is 12.6 Å². The first-order chi connectivity index (χ1) is 9.65. The van der Waals surface area contributed by atoms with Crippen LogP contribution in [0.2, 0.25) is 0 Å². The van der Waals surface area contributed by atoms with Gasteiger partial charge in [0.15, 0.2) is 0 Å². The van der Waals surface area contributed by atoms with Gasteiger partial charge in [-0.05, 0) is 24.3 Å². The van der Waals surface area contributed by atoms with Crippen LogP contribution in [0.25, 0.3) is 11.1 Å². The maximum atomic E-state index is 5.58. The molecular formula is C16H21NO3. The van der Waals surface area contributed by atoms with Crippen LogP contribution in [0.3, 0.4) is 0 Å². The Balaban J connectivity index is 2.37. The number of nitrogens with one attached hydrogen (secondary N) is 1. The zero-order valence-corrected chi connectivity index (χ0v) is 12.4. The summed E-state index contributed by atoms with van der Waals surface area (Å²) in [5, 5.41) is 3.36. The molecule has 0 amide bonds. The van der Waals surface area contributed by atoms with Gasteiger partial charge in [0, 0.05) is 17.2 Å². The molecule has 2 aromatic rings. The molecule has 0 saturated heterocycles. The monoisotopic (exact) mass is 275 g/mol. The Kier molecular flexibility index (Phi) is 4.69. The van der Waals surface area contributed by atoms with Crippen molar-refractivity contribution in [3.05, 3.63) is 36.3 Å².